The minimum Gasteiger partial charge on any atom is -0.376 e. The Bertz CT molecular complexity index is 1430. The van der Waals surface area contributed by atoms with E-state index in [1.807, 2.05) is 0 Å². The zero-order valence-electron chi connectivity index (χ0n) is 20.9. The molecule has 7 nitrogen and oxygen atoms in total. The standard InChI is InChI=1S/C27H27F4N3O4S/c1-2-13-33(25(35)19-9-11-21(12-10-19)27(29,30)31)16-22-15-32-26(34(22)17-23-7-5-14-38-23)39(36,37)18-20-6-3-4-8-24(20)28/h2-4,6,8-12,15,23H,1,5,7,13-14,16-18H2/t23-/m0/s1. The summed E-state index contributed by atoms with van der Waals surface area (Å²) in [5.41, 5.74) is -0.479. The second kappa shape index (κ2) is 11.7. The Kier molecular flexibility index (Phi) is 8.55. The van der Waals surface area contributed by atoms with E-state index >= 15 is 0 Å². The largest absolute Gasteiger partial charge is 0.416 e. The topological polar surface area (TPSA) is 81.5 Å². The van der Waals surface area contributed by atoms with Gasteiger partial charge in [0.05, 0.1) is 42.4 Å². The van der Waals surface area contributed by atoms with Crippen LogP contribution >= 0.6 is 0 Å². The lowest BCUT2D eigenvalue weighted by molar-refractivity contribution is -0.137. The summed E-state index contributed by atoms with van der Waals surface area (Å²) in [7, 11) is -4.10. The highest BCUT2D eigenvalue weighted by molar-refractivity contribution is 7.90. The predicted octanol–water partition coefficient (Wildman–Crippen LogP) is 5.02. The van der Waals surface area contributed by atoms with E-state index in [0.29, 0.717) is 18.7 Å². The van der Waals surface area contributed by atoms with Gasteiger partial charge in [-0.25, -0.2) is 17.8 Å². The molecule has 208 valence electrons. The fourth-order valence-corrected chi connectivity index (χ4v) is 5.91. The van der Waals surface area contributed by atoms with E-state index < -0.39 is 39.1 Å². The van der Waals surface area contributed by atoms with Gasteiger partial charge in [0.25, 0.3) is 5.91 Å². The maximum absolute atomic E-state index is 14.2. The summed E-state index contributed by atoms with van der Waals surface area (Å²) in [6.45, 7) is 4.28. The third kappa shape index (κ3) is 6.74. The zero-order valence-corrected chi connectivity index (χ0v) is 21.7. The molecule has 0 radical (unpaired) electrons. The van der Waals surface area contributed by atoms with Crippen molar-refractivity contribution in [1.29, 1.82) is 0 Å². The van der Waals surface area contributed by atoms with E-state index in [2.05, 4.69) is 11.6 Å². The van der Waals surface area contributed by atoms with Crippen LogP contribution in [-0.2, 0) is 39.6 Å². The molecule has 2 heterocycles. The summed E-state index contributed by atoms with van der Waals surface area (Å²) in [4.78, 5) is 18.7. The van der Waals surface area contributed by atoms with Crippen molar-refractivity contribution in [2.75, 3.05) is 13.2 Å². The molecule has 0 aliphatic carbocycles. The van der Waals surface area contributed by atoms with Crippen LogP contribution < -0.4 is 0 Å². The van der Waals surface area contributed by atoms with E-state index in [4.69, 9.17) is 4.74 Å². The minimum absolute atomic E-state index is 0.00326. The van der Waals surface area contributed by atoms with Gasteiger partial charge in [-0.3, -0.25) is 4.79 Å². The van der Waals surface area contributed by atoms with Gasteiger partial charge in [0.2, 0.25) is 15.0 Å². The first-order chi connectivity index (χ1) is 18.5. The summed E-state index contributed by atoms with van der Waals surface area (Å²) < 4.78 is 87.0. The van der Waals surface area contributed by atoms with Crippen molar-refractivity contribution in [3.8, 4) is 0 Å². The number of benzene rings is 2. The van der Waals surface area contributed by atoms with E-state index in [1.54, 1.807) is 0 Å². The molecule has 3 aromatic rings. The van der Waals surface area contributed by atoms with Gasteiger partial charge in [-0.15, -0.1) is 6.58 Å². The second-order valence-corrected chi connectivity index (χ2v) is 11.1. The number of alkyl halides is 3. The Morgan fingerprint density at radius 1 is 1.18 bits per heavy atom. The van der Waals surface area contributed by atoms with Crippen molar-refractivity contribution in [3.05, 3.63) is 95.6 Å². The number of aromatic nitrogens is 2. The maximum atomic E-state index is 14.2. The number of nitrogens with zero attached hydrogens (tertiary/aromatic N) is 3. The average molecular weight is 566 g/mol. The fourth-order valence-electron chi connectivity index (χ4n) is 4.39. The van der Waals surface area contributed by atoms with Crippen molar-refractivity contribution in [2.24, 2.45) is 0 Å². The molecule has 1 atom stereocenters. The van der Waals surface area contributed by atoms with E-state index in [0.717, 1.165) is 30.7 Å². The molecule has 1 saturated heterocycles. The van der Waals surface area contributed by atoms with Crippen LogP contribution in [0.15, 0.2) is 72.5 Å². The molecule has 39 heavy (non-hydrogen) atoms. The fraction of sp³-hybridized carbons (Fsp3) is 0.333. The molecule has 1 aliphatic rings. The van der Waals surface area contributed by atoms with Crippen molar-refractivity contribution >= 4 is 15.7 Å². The first kappa shape index (κ1) is 28.5. The highest BCUT2D eigenvalue weighted by Crippen LogP contribution is 2.29. The van der Waals surface area contributed by atoms with Gasteiger partial charge in [0.15, 0.2) is 0 Å². The average Bonchev–Trinajstić information content (AvgIpc) is 3.55. The number of halogens is 4. The van der Waals surface area contributed by atoms with Gasteiger partial charge in [-0.05, 0) is 43.2 Å². The summed E-state index contributed by atoms with van der Waals surface area (Å²) in [6.07, 6.45) is -0.523. The third-order valence-electron chi connectivity index (χ3n) is 6.34. The van der Waals surface area contributed by atoms with Gasteiger partial charge in [-0.1, -0.05) is 24.3 Å². The highest BCUT2D eigenvalue weighted by Gasteiger charge is 2.31. The monoisotopic (exact) mass is 565 g/mol. The third-order valence-corrected chi connectivity index (χ3v) is 7.92. The van der Waals surface area contributed by atoms with Crippen LogP contribution in [0.1, 0.15) is 40.0 Å². The molecule has 1 amide bonds. The highest BCUT2D eigenvalue weighted by atomic mass is 32.2. The van der Waals surface area contributed by atoms with Gasteiger partial charge >= 0.3 is 6.18 Å². The number of carbonyl (C=O) groups is 1. The van der Waals surface area contributed by atoms with Crippen LogP contribution in [0.2, 0.25) is 0 Å². The Morgan fingerprint density at radius 2 is 1.90 bits per heavy atom. The predicted molar refractivity (Wildman–Crippen MR) is 135 cm³/mol. The molecule has 12 heteroatoms. The number of hydrogen-bond donors (Lipinski definition) is 0. The van der Waals surface area contributed by atoms with Crippen molar-refractivity contribution in [2.45, 2.75) is 49.1 Å². The maximum Gasteiger partial charge on any atom is 0.416 e. The number of sulfone groups is 1. The Balaban J connectivity index is 1.65. The minimum atomic E-state index is -4.54. The molecule has 0 saturated carbocycles. The lowest BCUT2D eigenvalue weighted by atomic mass is 10.1. The summed E-state index contributed by atoms with van der Waals surface area (Å²) >= 11 is 0. The number of ether oxygens (including phenoxy) is 1. The summed E-state index contributed by atoms with van der Waals surface area (Å²) in [5, 5.41) is -0.281. The van der Waals surface area contributed by atoms with Gasteiger partial charge in [0, 0.05) is 24.3 Å². The molecule has 2 aromatic carbocycles. The van der Waals surface area contributed by atoms with Crippen LogP contribution in [0, 0.1) is 5.82 Å². The van der Waals surface area contributed by atoms with E-state index in [9.17, 15) is 30.8 Å². The van der Waals surface area contributed by atoms with Crippen molar-refractivity contribution in [1.82, 2.24) is 14.5 Å². The molecule has 1 fully saturated rings. The second-order valence-electron chi connectivity index (χ2n) is 9.18. The number of rotatable bonds is 10. The molecule has 0 unspecified atom stereocenters. The van der Waals surface area contributed by atoms with Crippen molar-refractivity contribution < 1.29 is 35.5 Å². The lowest BCUT2D eigenvalue weighted by Gasteiger charge is -2.23. The van der Waals surface area contributed by atoms with Crippen LogP contribution in [0.3, 0.4) is 0 Å². The van der Waals surface area contributed by atoms with E-state index in [-0.39, 0.29) is 42.0 Å². The molecule has 4 rings (SSSR count). The summed E-state index contributed by atoms with van der Waals surface area (Å²) in [5.74, 6) is -1.83. The molecule has 0 bridgehead atoms. The Hall–Kier alpha value is -3.51. The Labute approximate surface area is 223 Å². The zero-order chi connectivity index (χ0) is 28.2. The van der Waals surface area contributed by atoms with E-state index in [1.165, 1.54) is 46.0 Å². The van der Waals surface area contributed by atoms with Crippen LogP contribution in [0.25, 0.3) is 0 Å². The molecule has 1 aromatic heterocycles. The summed E-state index contributed by atoms with van der Waals surface area (Å²) in [6, 6.07) is 9.40. The van der Waals surface area contributed by atoms with Gasteiger partial charge in [0.1, 0.15) is 5.82 Å². The first-order valence-electron chi connectivity index (χ1n) is 12.2. The number of hydrogen-bond acceptors (Lipinski definition) is 5. The molecular formula is C27H27F4N3O4S. The number of imidazole rings is 1. The van der Waals surface area contributed by atoms with Crippen LogP contribution in [0.4, 0.5) is 17.6 Å². The van der Waals surface area contributed by atoms with Gasteiger partial charge < -0.3 is 14.2 Å². The van der Waals surface area contributed by atoms with Gasteiger partial charge in [-0.2, -0.15) is 13.2 Å². The lowest BCUT2D eigenvalue weighted by Crippen LogP contribution is -2.32. The molecule has 0 spiro atoms. The molecule has 1 aliphatic heterocycles. The van der Waals surface area contributed by atoms with Crippen LogP contribution in [-0.4, -0.2) is 48.0 Å². The first-order valence-corrected chi connectivity index (χ1v) is 13.8. The molecular weight excluding hydrogens is 538 g/mol. The van der Waals surface area contributed by atoms with Crippen LogP contribution in [0.5, 0.6) is 0 Å². The quantitative estimate of drug-likeness (QED) is 0.255. The van der Waals surface area contributed by atoms with Crippen molar-refractivity contribution in [3.63, 3.8) is 0 Å². The smallest absolute Gasteiger partial charge is 0.376 e. The Morgan fingerprint density at radius 3 is 2.51 bits per heavy atom. The number of amides is 1. The number of carbonyl (C=O) groups excluding carboxylic acids is 1. The normalized spacial score (nSPS) is 15.8. The molecule has 0 N–H and O–H groups in total. The SMILES string of the molecule is C=CCN(Cc1cnc(S(=O)(=O)Cc2ccccc2F)n1C[C@@H]1CCCO1)C(=O)c1ccc(C(F)(F)F)cc1.